The Balaban J connectivity index is 2.47. The topological polar surface area (TPSA) is 85.7 Å². The van der Waals surface area contributed by atoms with Gasteiger partial charge in [-0.25, -0.2) is 13.4 Å². The van der Waals surface area contributed by atoms with Gasteiger partial charge in [-0.05, 0) is 33.8 Å². The van der Waals surface area contributed by atoms with Crippen LogP contribution in [0.4, 0.5) is 0 Å². The molecule has 0 saturated carbocycles. The molecule has 2 rings (SSSR count). The smallest absolute Gasteiger partial charge is 0.498 e. The third-order valence-corrected chi connectivity index (χ3v) is 4.78. The first kappa shape index (κ1) is 15.3. The molecule has 0 amide bonds. The third kappa shape index (κ3) is 2.43. The van der Waals surface area contributed by atoms with E-state index in [1.807, 2.05) is 27.7 Å². The minimum atomic E-state index is -3.62. The average molecular weight is 299 g/mol. The molecular weight excluding hydrogens is 281 g/mol. The first-order valence-corrected chi connectivity index (χ1v) is 8.08. The van der Waals surface area contributed by atoms with Crippen molar-refractivity contribution in [3.05, 3.63) is 12.3 Å². The van der Waals surface area contributed by atoms with Crippen LogP contribution < -0.4 is 5.46 Å². The van der Waals surface area contributed by atoms with Crippen molar-refractivity contribution in [2.75, 3.05) is 6.26 Å². The van der Waals surface area contributed by atoms with Crippen molar-refractivity contribution >= 4 is 22.4 Å². The summed E-state index contributed by atoms with van der Waals surface area (Å²) in [6.45, 7) is 7.51. The highest BCUT2D eigenvalue weighted by Crippen LogP contribution is 2.37. The molecule has 1 aromatic rings. The van der Waals surface area contributed by atoms with Crippen molar-refractivity contribution in [2.24, 2.45) is 0 Å². The minimum absolute atomic E-state index is 0.263. The summed E-state index contributed by atoms with van der Waals surface area (Å²) in [4.78, 5) is 3.71. The van der Waals surface area contributed by atoms with Gasteiger partial charge >= 0.3 is 7.12 Å². The lowest BCUT2D eigenvalue weighted by atomic mass is 9.79. The van der Waals surface area contributed by atoms with E-state index in [9.17, 15) is 13.5 Å². The van der Waals surface area contributed by atoms with Crippen LogP contribution in [-0.2, 0) is 19.1 Å². The molecule has 2 heterocycles. The summed E-state index contributed by atoms with van der Waals surface area (Å²) in [6.07, 6.45) is 2.31. The Bertz CT molecular complexity index is 625. The van der Waals surface area contributed by atoms with E-state index in [0.717, 1.165) is 6.26 Å². The fourth-order valence-electron chi connectivity index (χ4n) is 1.88. The Morgan fingerprint density at radius 2 is 1.70 bits per heavy atom. The quantitative estimate of drug-likeness (QED) is 0.800. The highest BCUT2D eigenvalue weighted by molar-refractivity contribution is 7.90. The molecule has 6 nitrogen and oxygen atoms in total. The van der Waals surface area contributed by atoms with Crippen molar-refractivity contribution in [1.29, 1.82) is 0 Å². The number of hydrogen-bond acceptors (Lipinski definition) is 6. The van der Waals surface area contributed by atoms with Crippen LogP contribution in [0.2, 0.25) is 0 Å². The standard InChI is InChI=1S/C12H18BNO5S/c1-11(2)12(3,4)19-13(18-11)8-6-7-14-10(9(8)15)20(5,16)17/h6-7,15H,1-5H3. The number of nitrogens with zero attached hydrogens (tertiary/aromatic N) is 1. The number of pyridine rings is 1. The molecule has 1 N–H and O–H groups in total. The van der Waals surface area contributed by atoms with Gasteiger partial charge in [-0.1, -0.05) is 0 Å². The number of aromatic nitrogens is 1. The summed E-state index contributed by atoms with van der Waals surface area (Å²) in [7, 11) is -4.45. The van der Waals surface area contributed by atoms with Crippen molar-refractivity contribution in [3.8, 4) is 5.75 Å². The SMILES string of the molecule is CC1(C)OB(c2ccnc(S(C)(=O)=O)c2O)OC1(C)C. The molecule has 20 heavy (non-hydrogen) atoms. The summed E-state index contributed by atoms with van der Waals surface area (Å²) < 4.78 is 34.7. The van der Waals surface area contributed by atoms with Gasteiger partial charge in [-0.15, -0.1) is 0 Å². The van der Waals surface area contributed by atoms with Crippen molar-refractivity contribution in [1.82, 2.24) is 4.98 Å². The molecule has 1 saturated heterocycles. The number of rotatable bonds is 2. The van der Waals surface area contributed by atoms with Gasteiger partial charge in [0.2, 0.25) is 0 Å². The molecule has 0 unspecified atom stereocenters. The number of sulfone groups is 1. The zero-order valence-corrected chi connectivity index (χ0v) is 13.0. The van der Waals surface area contributed by atoms with E-state index in [1.165, 1.54) is 12.3 Å². The highest BCUT2D eigenvalue weighted by Gasteiger charge is 2.52. The van der Waals surface area contributed by atoms with Crippen LogP contribution in [0.25, 0.3) is 0 Å². The summed E-state index contributed by atoms with van der Waals surface area (Å²) >= 11 is 0. The van der Waals surface area contributed by atoms with Gasteiger partial charge in [0.05, 0.1) is 11.2 Å². The molecule has 0 atom stereocenters. The predicted octanol–water partition coefficient (Wildman–Crippen LogP) is 0.490. The van der Waals surface area contributed by atoms with Crippen LogP contribution >= 0.6 is 0 Å². The number of hydrogen-bond donors (Lipinski definition) is 1. The molecule has 0 bridgehead atoms. The van der Waals surface area contributed by atoms with Crippen LogP contribution in [0.5, 0.6) is 5.75 Å². The van der Waals surface area contributed by atoms with E-state index in [1.54, 1.807) is 0 Å². The Kier molecular flexibility index (Phi) is 3.39. The lowest BCUT2D eigenvalue weighted by Crippen LogP contribution is -2.41. The van der Waals surface area contributed by atoms with E-state index < -0.39 is 33.9 Å². The van der Waals surface area contributed by atoms with Crippen LogP contribution in [0.1, 0.15) is 27.7 Å². The second-order valence-electron chi connectivity index (χ2n) is 5.91. The van der Waals surface area contributed by atoms with Crippen molar-refractivity contribution in [2.45, 2.75) is 43.9 Å². The van der Waals surface area contributed by atoms with Crippen LogP contribution in [0.3, 0.4) is 0 Å². The fraction of sp³-hybridized carbons (Fsp3) is 0.583. The molecule has 1 aliphatic rings. The number of aromatic hydroxyl groups is 1. The maximum atomic E-state index is 11.6. The van der Waals surface area contributed by atoms with Gasteiger partial charge in [0.15, 0.2) is 20.6 Å². The van der Waals surface area contributed by atoms with Gasteiger partial charge in [-0.2, -0.15) is 0 Å². The first-order chi connectivity index (χ1) is 8.96. The average Bonchev–Trinajstić information content (AvgIpc) is 2.46. The molecule has 0 aliphatic carbocycles. The molecule has 1 fully saturated rings. The Morgan fingerprint density at radius 1 is 1.20 bits per heavy atom. The van der Waals surface area contributed by atoms with E-state index in [4.69, 9.17) is 9.31 Å². The second kappa shape index (κ2) is 4.44. The summed E-state index contributed by atoms with van der Waals surface area (Å²) in [6, 6.07) is 1.49. The first-order valence-electron chi connectivity index (χ1n) is 6.19. The summed E-state index contributed by atoms with van der Waals surface area (Å²) in [5.41, 5.74) is -0.879. The lowest BCUT2D eigenvalue weighted by molar-refractivity contribution is 0.00578. The van der Waals surface area contributed by atoms with E-state index in [0.29, 0.717) is 0 Å². The van der Waals surface area contributed by atoms with Gasteiger partial charge in [-0.3, -0.25) is 0 Å². The Labute approximate surface area is 119 Å². The molecule has 0 spiro atoms. The largest absolute Gasteiger partial charge is 0.505 e. The van der Waals surface area contributed by atoms with E-state index >= 15 is 0 Å². The monoisotopic (exact) mass is 299 g/mol. The third-order valence-electron chi connectivity index (χ3n) is 3.78. The van der Waals surface area contributed by atoms with Crippen molar-refractivity contribution in [3.63, 3.8) is 0 Å². The summed E-state index contributed by atoms with van der Waals surface area (Å²) in [5.74, 6) is -0.423. The molecule has 1 aromatic heterocycles. The predicted molar refractivity (Wildman–Crippen MR) is 74.7 cm³/mol. The second-order valence-corrected chi connectivity index (χ2v) is 7.85. The molecule has 8 heteroatoms. The summed E-state index contributed by atoms with van der Waals surface area (Å²) in [5, 5.41) is 9.75. The van der Waals surface area contributed by atoms with Gasteiger partial charge in [0.25, 0.3) is 0 Å². The van der Waals surface area contributed by atoms with Crippen molar-refractivity contribution < 1.29 is 22.8 Å². The Morgan fingerprint density at radius 3 is 2.15 bits per heavy atom. The van der Waals surface area contributed by atoms with Crippen LogP contribution in [0, 0.1) is 0 Å². The normalized spacial score (nSPS) is 21.1. The van der Waals surface area contributed by atoms with Gasteiger partial charge in [0.1, 0.15) is 0 Å². The zero-order valence-electron chi connectivity index (χ0n) is 12.2. The molecular formula is C12H18BNO5S. The molecule has 0 radical (unpaired) electrons. The fourth-order valence-corrected chi connectivity index (χ4v) is 2.60. The zero-order chi connectivity index (χ0) is 15.3. The maximum absolute atomic E-state index is 11.6. The van der Waals surface area contributed by atoms with E-state index in [2.05, 4.69) is 4.98 Å². The highest BCUT2D eigenvalue weighted by atomic mass is 32.2. The molecule has 110 valence electrons. The lowest BCUT2D eigenvalue weighted by Gasteiger charge is -2.32. The van der Waals surface area contributed by atoms with Gasteiger partial charge < -0.3 is 14.4 Å². The Hall–Kier alpha value is -1.12. The van der Waals surface area contributed by atoms with E-state index in [-0.39, 0.29) is 10.5 Å². The molecule has 0 aromatic carbocycles. The maximum Gasteiger partial charge on any atom is 0.498 e. The van der Waals surface area contributed by atoms with Gasteiger partial charge in [0, 0.05) is 17.9 Å². The van der Waals surface area contributed by atoms with Crippen LogP contribution in [0.15, 0.2) is 17.3 Å². The minimum Gasteiger partial charge on any atom is -0.505 e. The van der Waals surface area contributed by atoms with Crippen LogP contribution in [-0.4, -0.2) is 43.1 Å². The molecule has 1 aliphatic heterocycles.